The van der Waals surface area contributed by atoms with E-state index in [2.05, 4.69) is 16.0 Å². The molecular weight excluding hydrogens is 473 g/mol. The molecule has 0 bridgehead atoms. The molecule has 1 aliphatic rings. The molecule has 33 heavy (non-hydrogen) atoms. The first-order valence-electron chi connectivity index (χ1n) is 11.1. The van der Waals surface area contributed by atoms with Gasteiger partial charge in [-0.15, -0.1) is 0 Å². The Morgan fingerprint density at radius 2 is 1.64 bits per heavy atom. The molecule has 2 unspecified atom stereocenters. The zero-order valence-electron chi connectivity index (χ0n) is 18.3. The molecule has 1 saturated carbocycles. The van der Waals surface area contributed by atoms with Crippen LogP contribution in [0.1, 0.15) is 35.6 Å². The van der Waals surface area contributed by atoms with Gasteiger partial charge in [-0.1, -0.05) is 30.3 Å². The molecule has 0 aliphatic heterocycles. The van der Waals surface area contributed by atoms with Crippen molar-refractivity contribution in [2.24, 2.45) is 0 Å². The van der Waals surface area contributed by atoms with Crippen LogP contribution in [0.5, 0.6) is 0 Å². The minimum atomic E-state index is -0.398. The van der Waals surface area contributed by atoms with Crippen LogP contribution >= 0.6 is 0 Å². The van der Waals surface area contributed by atoms with Crippen LogP contribution in [0.2, 0.25) is 0 Å². The molecule has 6 heteroatoms. The molecule has 3 aromatic rings. The van der Waals surface area contributed by atoms with Crippen LogP contribution in [0.3, 0.4) is 0 Å². The molecule has 0 spiro atoms. The zero-order valence-corrected chi connectivity index (χ0v) is 20.8. The van der Waals surface area contributed by atoms with Gasteiger partial charge >= 0.3 is 132 Å². The molecule has 1 aliphatic carbocycles. The molecule has 0 radical (unpaired) electrons. The van der Waals surface area contributed by atoms with E-state index in [1.807, 2.05) is 78.9 Å². The van der Waals surface area contributed by atoms with Crippen molar-refractivity contribution in [3.8, 4) is 0 Å². The molecule has 0 aromatic heterocycles. The van der Waals surface area contributed by atoms with Gasteiger partial charge in [0.05, 0.1) is 0 Å². The Bertz CT molecular complexity index is 1130. The number of rotatable bonds is 9. The third-order valence-electron chi connectivity index (χ3n) is 5.47. The van der Waals surface area contributed by atoms with E-state index in [1.54, 1.807) is 6.08 Å². The molecule has 3 aromatic carbocycles. The summed E-state index contributed by atoms with van der Waals surface area (Å²) in [6.45, 7) is 0.500. The van der Waals surface area contributed by atoms with E-state index >= 15 is 0 Å². The number of para-hydroxylation sites is 1. The molecule has 0 heterocycles. The first-order valence-corrected chi connectivity index (χ1v) is 12.3. The minimum absolute atomic E-state index is 0.0340. The van der Waals surface area contributed by atoms with Crippen molar-refractivity contribution < 1.29 is 9.59 Å². The van der Waals surface area contributed by atoms with Crippen LogP contribution in [-0.4, -0.2) is 34.7 Å². The van der Waals surface area contributed by atoms with E-state index in [4.69, 9.17) is 0 Å². The second-order valence-electron chi connectivity index (χ2n) is 8.15. The molecule has 168 valence electrons. The van der Waals surface area contributed by atoms with Crippen molar-refractivity contribution in [2.45, 2.75) is 31.5 Å². The molecule has 4 rings (SSSR count). The van der Waals surface area contributed by atoms with Crippen molar-refractivity contribution in [2.75, 3.05) is 5.32 Å². The first kappa shape index (κ1) is 23.0. The summed E-state index contributed by atoms with van der Waals surface area (Å²) in [5.74, 6) is -0.203. The molecule has 2 amide bonds. The van der Waals surface area contributed by atoms with Crippen LogP contribution in [-0.2, 0) is 16.1 Å². The summed E-state index contributed by atoms with van der Waals surface area (Å²) >= 11 is 1.47. The van der Waals surface area contributed by atoms with Gasteiger partial charge in [0.25, 0.3) is 0 Å². The number of nitrogens with one attached hydrogen (secondary N) is 3. The summed E-state index contributed by atoms with van der Waals surface area (Å²) in [4.78, 5) is 25.2. The summed E-state index contributed by atoms with van der Waals surface area (Å²) in [7, 11) is 0. The summed E-state index contributed by atoms with van der Waals surface area (Å²) < 4.78 is 1.08. The Balaban J connectivity index is 1.38. The van der Waals surface area contributed by atoms with Crippen molar-refractivity contribution in [1.82, 2.24) is 10.6 Å². The maximum atomic E-state index is 12.9. The average molecular weight is 501 g/mol. The predicted octanol–water partition coefficient (Wildman–Crippen LogP) is 2.71. The van der Waals surface area contributed by atoms with Crippen LogP contribution in [0.25, 0.3) is 6.08 Å². The Morgan fingerprint density at radius 1 is 0.939 bits per heavy atom. The van der Waals surface area contributed by atoms with Gasteiger partial charge in [0.1, 0.15) is 0 Å². The number of benzene rings is 3. The quantitative estimate of drug-likeness (QED) is 0.312. The topological polar surface area (TPSA) is 70.2 Å². The fourth-order valence-corrected chi connectivity index (χ4v) is 4.04. The van der Waals surface area contributed by atoms with E-state index in [1.165, 1.54) is 22.9 Å². The van der Waals surface area contributed by atoms with Crippen molar-refractivity contribution in [3.63, 3.8) is 0 Å². The number of amides is 2. The van der Waals surface area contributed by atoms with Crippen molar-refractivity contribution in [3.05, 3.63) is 102 Å². The summed E-state index contributed by atoms with van der Waals surface area (Å²) in [5.41, 5.74) is 3.72. The molecule has 3 N–H and O–H groups in total. The predicted molar refractivity (Wildman–Crippen MR) is 136 cm³/mol. The number of anilines is 1. The van der Waals surface area contributed by atoms with E-state index in [9.17, 15) is 9.59 Å². The van der Waals surface area contributed by atoms with Crippen molar-refractivity contribution >= 4 is 44.8 Å². The average Bonchev–Trinajstić information content (AvgIpc) is 3.67. The van der Waals surface area contributed by atoms with Gasteiger partial charge in [0, 0.05) is 12.6 Å². The molecular formula is C27H28AsN3O2. The van der Waals surface area contributed by atoms with Crippen LogP contribution in [0.15, 0.2) is 84.9 Å². The summed E-state index contributed by atoms with van der Waals surface area (Å²) in [6, 6.07) is 25.4. The Kier molecular flexibility index (Phi) is 7.77. The Hall–Kier alpha value is -3.14. The fourth-order valence-electron chi connectivity index (χ4n) is 3.45. The van der Waals surface area contributed by atoms with Gasteiger partial charge in [-0.2, -0.15) is 0 Å². The van der Waals surface area contributed by atoms with E-state index in [0.717, 1.165) is 39.6 Å². The Morgan fingerprint density at radius 3 is 2.33 bits per heavy atom. The standard InChI is InChI=1S/C27H28AsN3O2/c28-23-8-4-5-9-24(23)31-25(32)17-12-19-10-13-21(14-11-19)26(30-22-15-16-22)27(33)29-18-20-6-2-1-3-7-20/h1-14,17,22,26,30H,15-16,18,28H2,(H,29,33)(H,31,32). The Labute approximate surface area is 203 Å². The monoisotopic (exact) mass is 501 g/mol. The maximum absolute atomic E-state index is 12.9. The summed E-state index contributed by atoms with van der Waals surface area (Å²) in [5, 5.41) is 9.41. The van der Waals surface area contributed by atoms with E-state index in [-0.39, 0.29) is 11.8 Å². The van der Waals surface area contributed by atoms with Gasteiger partial charge < -0.3 is 5.32 Å². The van der Waals surface area contributed by atoms with Gasteiger partial charge in [-0.3, -0.25) is 4.79 Å². The third kappa shape index (κ3) is 6.92. The van der Waals surface area contributed by atoms with Gasteiger partial charge in [0.2, 0.25) is 0 Å². The van der Waals surface area contributed by atoms with E-state index in [0.29, 0.717) is 12.6 Å². The van der Waals surface area contributed by atoms with Gasteiger partial charge in [-0.05, 0) is 18.4 Å². The van der Waals surface area contributed by atoms with Crippen LogP contribution in [0.4, 0.5) is 5.69 Å². The molecule has 0 saturated heterocycles. The molecule has 2 atom stereocenters. The SMILES string of the molecule is O=C(C=Cc1ccc(C(NC2CC2)C(=O)NCc2ccccc2)cc1)Nc1ccccc1[AsH2]. The van der Waals surface area contributed by atoms with Gasteiger partial charge in [0.15, 0.2) is 0 Å². The normalized spacial score (nSPS) is 14.1. The second-order valence-corrected chi connectivity index (χ2v) is 9.46. The van der Waals surface area contributed by atoms with Crippen molar-refractivity contribution in [1.29, 1.82) is 0 Å². The third-order valence-corrected chi connectivity index (χ3v) is 6.52. The second kappa shape index (κ2) is 11.1. The molecule has 1 fully saturated rings. The molecule has 5 nitrogen and oxygen atoms in total. The van der Waals surface area contributed by atoms with Crippen LogP contribution < -0.4 is 20.3 Å². The number of carbonyl (C=O) groups excluding carboxylic acids is 2. The number of carbonyl (C=O) groups is 2. The first-order chi connectivity index (χ1) is 16.1. The van der Waals surface area contributed by atoms with Gasteiger partial charge in [-0.25, -0.2) is 0 Å². The summed E-state index contributed by atoms with van der Waals surface area (Å²) in [6.07, 6.45) is 5.50. The number of hydrogen-bond acceptors (Lipinski definition) is 3. The van der Waals surface area contributed by atoms with E-state index < -0.39 is 6.04 Å². The number of hydrogen-bond donors (Lipinski definition) is 3. The zero-order chi connectivity index (χ0) is 23.0. The van der Waals surface area contributed by atoms with Crippen LogP contribution in [0, 0.1) is 0 Å². The fraction of sp³-hybridized carbons (Fsp3) is 0.185.